The molecule has 7 heteroatoms. The number of benzene rings is 3. The first-order valence-electron chi connectivity index (χ1n) is 12.4. The highest BCUT2D eigenvalue weighted by molar-refractivity contribution is 6.51. The summed E-state index contributed by atoms with van der Waals surface area (Å²) in [4.78, 5) is 28.1. The van der Waals surface area contributed by atoms with Gasteiger partial charge in [0.05, 0.1) is 31.9 Å². The van der Waals surface area contributed by atoms with Crippen LogP contribution < -0.4 is 19.1 Å². The van der Waals surface area contributed by atoms with Gasteiger partial charge in [-0.1, -0.05) is 26.0 Å². The van der Waals surface area contributed by atoms with E-state index >= 15 is 0 Å². The van der Waals surface area contributed by atoms with Crippen LogP contribution in [0.15, 0.2) is 78.4 Å². The number of ether oxygens (including phenoxy) is 3. The van der Waals surface area contributed by atoms with Crippen LogP contribution in [0.3, 0.4) is 0 Å². The molecule has 1 N–H and O–H groups in total. The van der Waals surface area contributed by atoms with E-state index in [1.807, 2.05) is 26.0 Å². The molecule has 1 fully saturated rings. The van der Waals surface area contributed by atoms with E-state index in [2.05, 4.69) is 0 Å². The number of hydrogen-bond donors (Lipinski definition) is 1. The van der Waals surface area contributed by atoms with Gasteiger partial charge >= 0.3 is 0 Å². The number of Topliss-reactive ketones (excluding diaryl/α,β-unsaturated/α-hetero) is 1. The van der Waals surface area contributed by atoms with Crippen molar-refractivity contribution in [3.05, 3.63) is 89.5 Å². The monoisotopic (exact) mass is 501 g/mol. The first kappa shape index (κ1) is 25.8. The second-order valence-corrected chi connectivity index (χ2v) is 8.66. The first-order valence-corrected chi connectivity index (χ1v) is 12.4. The Morgan fingerprint density at radius 1 is 0.784 bits per heavy atom. The lowest BCUT2D eigenvalue weighted by Crippen LogP contribution is -2.29. The fourth-order valence-corrected chi connectivity index (χ4v) is 4.21. The van der Waals surface area contributed by atoms with Crippen LogP contribution in [-0.2, 0) is 9.59 Å². The number of rotatable bonds is 10. The summed E-state index contributed by atoms with van der Waals surface area (Å²) in [5.74, 6) is 0.264. The van der Waals surface area contributed by atoms with Gasteiger partial charge in [-0.2, -0.15) is 0 Å². The number of aliphatic hydroxyl groups is 1. The van der Waals surface area contributed by atoms with E-state index in [1.54, 1.807) is 67.8 Å². The highest BCUT2D eigenvalue weighted by Gasteiger charge is 2.47. The summed E-state index contributed by atoms with van der Waals surface area (Å²) in [7, 11) is 1.56. The number of amides is 1. The smallest absolute Gasteiger partial charge is 0.300 e. The second kappa shape index (κ2) is 11.6. The van der Waals surface area contributed by atoms with Gasteiger partial charge in [0.15, 0.2) is 0 Å². The number of carbonyl (C=O) groups excluding carboxylic acids is 2. The van der Waals surface area contributed by atoms with Crippen molar-refractivity contribution in [1.82, 2.24) is 0 Å². The van der Waals surface area contributed by atoms with Gasteiger partial charge in [-0.15, -0.1) is 0 Å². The standard InChI is InChI=1S/C30H31NO6/c1-4-18-36-24-12-6-20(7-13-24)27-26(28(32)21-8-14-25(15-9-21)37-19-5-2)29(33)30(34)31(27)22-10-16-23(35-3)17-11-22/h6-17,27,32H,4-5,18-19H2,1-3H3/b28-26+. The highest BCUT2D eigenvalue weighted by atomic mass is 16.5. The predicted octanol–water partition coefficient (Wildman–Crippen LogP) is 5.90. The highest BCUT2D eigenvalue weighted by Crippen LogP contribution is 2.43. The van der Waals surface area contributed by atoms with Crippen LogP contribution in [-0.4, -0.2) is 37.1 Å². The van der Waals surface area contributed by atoms with E-state index in [-0.39, 0.29) is 11.3 Å². The molecule has 1 unspecified atom stereocenters. The van der Waals surface area contributed by atoms with E-state index < -0.39 is 17.7 Å². The van der Waals surface area contributed by atoms with Gasteiger partial charge in [0, 0.05) is 11.3 Å². The third-order valence-corrected chi connectivity index (χ3v) is 6.06. The summed E-state index contributed by atoms with van der Waals surface area (Å²) < 4.78 is 16.6. The van der Waals surface area contributed by atoms with Crippen molar-refractivity contribution in [1.29, 1.82) is 0 Å². The summed E-state index contributed by atoms with van der Waals surface area (Å²) in [5.41, 5.74) is 1.62. The number of anilines is 1. The fourth-order valence-electron chi connectivity index (χ4n) is 4.21. The topological polar surface area (TPSA) is 85.3 Å². The molecule has 1 aliphatic heterocycles. The number of methoxy groups -OCH3 is 1. The summed E-state index contributed by atoms with van der Waals surface area (Å²) in [6, 6.07) is 20.1. The number of nitrogens with zero attached hydrogens (tertiary/aromatic N) is 1. The van der Waals surface area contributed by atoms with Crippen molar-refractivity contribution in [3.8, 4) is 17.2 Å². The summed E-state index contributed by atoms with van der Waals surface area (Å²) in [6.07, 6.45) is 1.75. The summed E-state index contributed by atoms with van der Waals surface area (Å²) in [5, 5.41) is 11.3. The molecule has 0 aliphatic carbocycles. The molecule has 0 bridgehead atoms. The minimum atomic E-state index is -0.829. The van der Waals surface area contributed by atoms with Crippen LogP contribution in [0.1, 0.15) is 43.9 Å². The number of hydrogen-bond acceptors (Lipinski definition) is 6. The zero-order chi connectivity index (χ0) is 26.4. The van der Waals surface area contributed by atoms with Gasteiger partial charge in [0.1, 0.15) is 23.0 Å². The van der Waals surface area contributed by atoms with Gasteiger partial charge in [0.25, 0.3) is 11.7 Å². The largest absolute Gasteiger partial charge is 0.507 e. The van der Waals surface area contributed by atoms with E-state index in [1.165, 1.54) is 4.90 Å². The predicted molar refractivity (Wildman–Crippen MR) is 142 cm³/mol. The number of carbonyl (C=O) groups is 2. The van der Waals surface area contributed by atoms with Crippen LogP contribution in [0, 0.1) is 0 Å². The molecule has 7 nitrogen and oxygen atoms in total. The van der Waals surface area contributed by atoms with E-state index in [9.17, 15) is 14.7 Å². The molecule has 37 heavy (non-hydrogen) atoms. The zero-order valence-electron chi connectivity index (χ0n) is 21.3. The SMILES string of the molecule is CCCOc1ccc(/C(O)=C2\C(=O)C(=O)N(c3ccc(OC)cc3)C2c2ccc(OCCC)cc2)cc1. The van der Waals surface area contributed by atoms with Crippen molar-refractivity contribution >= 4 is 23.1 Å². The van der Waals surface area contributed by atoms with Gasteiger partial charge in [-0.3, -0.25) is 14.5 Å². The van der Waals surface area contributed by atoms with Crippen LogP contribution >= 0.6 is 0 Å². The average Bonchev–Trinajstić information content (AvgIpc) is 3.20. The van der Waals surface area contributed by atoms with Crippen molar-refractivity contribution in [3.63, 3.8) is 0 Å². The molecule has 3 aromatic carbocycles. The summed E-state index contributed by atoms with van der Waals surface area (Å²) in [6.45, 7) is 5.21. The van der Waals surface area contributed by atoms with Crippen LogP contribution in [0.2, 0.25) is 0 Å². The molecule has 4 rings (SSSR count). The molecule has 1 saturated heterocycles. The minimum Gasteiger partial charge on any atom is -0.507 e. The van der Waals surface area contributed by atoms with Crippen LogP contribution in [0.4, 0.5) is 5.69 Å². The van der Waals surface area contributed by atoms with Crippen LogP contribution in [0.5, 0.6) is 17.2 Å². The van der Waals surface area contributed by atoms with E-state index in [0.29, 0.717) is 47.3 Å². The lowest BCUT2D eigenvalue weighted by Gasteiger charge is -2.25. The Labute approximate surface area is 216 Å². The zero-order valence-corrected chi connectivity index (χ0v) is 21.3. The van der Waals surface area contributed by atoms with Crippen molar-refractivity contribution in [2.45, 2.75) is 32.7 Å². The molecule has 0 spiro atoms. The molecule has 3 aromatic rings. The molecule has 0 radical (unpaired) electrons. The average molecular weight is 502 g/mol. The maximum absolute atomic E-state index is 13.3. The van der Waals surface area contributed by atoms with E-state index in [0.717, 1.165) is 12.8 Å². The molecule has 1 atom stereocenters. The molecule has 1 amide bonds. The fraction of sp³-hybridized carbons (Fsp3) is 0.267. The van der Waals surface area contributed by atoms with Gasteiger partial charge < -0.3 is 19.3 Å². The Hall–Kier alpha value is -4.26. The Morgan fingerprint density at radius 2 is 1.30 bits per heavy atom. The molecule has 1 aliphatic rings. The molecule has 192 valence electrons. The molecule has 0 aromatic heterocycles. The maximum Gasteiger partial charge on any atom is 0.300 e. The van der Waals surface area contributed by atoms with Gasteiger partial charge in [0.2, 0.25) is 0 Å². The molecule has 1 heterocycles. The second-order valence-electron chi connectivity index (χ2n) is 8.66. The Balaban J connectivity index is 1.80. The lowest BCUT2D eigenvalue weighted by molar-refractivity contribution is -0.132. The van der Waals surface area contributed by atoms with Crippen molar-refractivity contribution < 1.29 is 28.9 Å². The molecular formula is C30H31NO6. The van der Waals surface area contributed by atoms with E-state index in [4.69, 9.17) is 14.2 Å². The lowest BCUT2D eigenvalue weighted by atomic mass is 9.95. The van der Waals surface area contributed by atoms with Crippen LogP contribution in [0.25, 0.3) is 5.76 Å². The Bertz CT molecular complexity index is 1260. The summed E-state index contributed by atoms with van der Waals surface area (Å²) >= 11 is 0. The Morgan fingerprint density at radius 3 is 1.81 bits per heavy atom. The normalized spacial score (nSPS) is 16.6. The first-order chi connectivity index (χ1) is 18.0. The molecule has 0 saturated carbocycles. The quantitative estimate of drug-likeness (QED) is 0.212. The van der Waals surface area contributed by atoms with Crippen molar-refractivity contribution in [2.24, 2.45) is 0 Å². The third-order valence-electron chi connectivity index (χ3n) is 6.06. The number of ketones is 1. The maximum atomic E-state index is 13.3. The Kier molecular flexibility index (Phi) is 8.13. The minimum absolute atomic E-state index is 0.0188. The van der Waals surface area contributed by atoms with Crippen molar-refractivity contribution in [2.75, 3.05) is 25.2 Å². The van der Waals surface area contributed by atoms with Gasteiger partial charge in [-0.25, -0.2) is 0 Å². The van der Waals surface area contributed by atoms with Gasteiger partial charge in [-0.05, 0) is 79.1 Å². The number of aliphatic hydroxyl groups excluding tert-OH is 1. The molecular weight excluding hydrogens is 470 g/mol. The third kappa shape index (κ3) is 5.45.